The minimum absolute atomic E-state index is 0.107. The summed E-state index contributed by atoms with van der Waals surface area (Å²) < 4.78 is 15.0. The third-order valence-electron chi connectivity index (χ3n) is 3.82. The minimum Gasteiger partial charge on any atom is -0.462 e. The molecule has 0 saturated heterocycles. The zero-order valence-corrected chi connectivity index (χ0v) is 15.5. The minimum atomic E-state index is -0.544. The van der Waals surface area contributed by atoms with Crippen LogP contribution in [0.5, 0.6) is 0 Å². The SMILES string of the molecule is CCOC(=O)c1ccccc1NC(=O)COC(=O)CCc1c(C)noc1C. The first-order valence-electron chi connectivity index (χ1n) is 8.55. The molecule has 1 heterocycles. The lowest BCUT2D eigenvalue weighted by molar-refractivity contribution is -0.147. The zero-order valence-electron chi connectivity index (χ0n) is 15.5. The van der Waals surface area contributed by atoms with Crippen molar-refractivity contribution >= 4 is 23.5 Å². The molecule has 1 aromatic carbocycles. The summed E-state index contributed by atoms with van der Waals surface area (Å²) in [6.07, 6.45) is 0.531. The molecule has 0 unspecified atom stereocenters. The van der Waals surface area contributed by atoms with Gasteiger partial charge in [0.2, 0.25) is 0 Å². The molecule has 0 atom stereocenters. The van der Waals surface area contributed by atoms with Crippen LogP contribution in [-0.2, 0) is 25.5 Å². The molecule has 8 heteroatoms. The average Bonchev–Trinajstić information content (AvgIpc) is 2.96. The van der Waals surface area contributed by atoms with Gasteiger partial charge < -0.3 is 19.3 Å². The van der Waals surface area contributed by atoms with Crippen LogP contribution in [0.3, 0.4) is 0 Å². The number of aryl methyl sites for hydroxylation is 2. The van der Waals surface area contributed by atoms with Crippen LogP contribution in [0, 0.1) is 13.8 Å². The summed E-state index contributed by atoms with van der Waals surface area (Å²) in [5.74, 6) is -0.931. The fourth-order valence-electron chi connectivity index (χ4n) is 2.47. The van der Waals surface area contributed by atoms with E-state index in [1.165, 1.54) is 0 Å². The maximum absolute atomic E-state index is 12.0. The highest BCUT2D eigenvalue weighted by Gasteiger charge is 2.16. The van der Waals surface area contributed by atoms with Gasteiger partial charge in [-0.25, -0.2) is 4.79 Å². The smallest absolute Gasteiger partial charge is 0.340 e. The van der Waals surface area contributed by atoms with Crippen molar-refractivity contribution in [2.75, 3.05) is 18.5 Å². The van der Waals surface area contributed by atoms with Crippen LogP contribution in [-0.4, -0.2) is 36.2 Å². The second-order valence-electron chi connectivity index (χ2n) is 5.78. The predicted octanol–water partition coefficient (Wildman–Crippen LogP) is 2.58. The van der Waals surface area contributed by atoms with E-state index in [1.54, 1.807) is 45.0 Å². The van der Waals surface area contributed by atoms with Crippen molar-refractivity contribution in [3.05, 3.63) is 46.8 Å². The fourth-order valence-corrected chi connectivity index (χ4v) is 2.47. The molecule has 0 fully saturated rings. The largest absolute Gasteiger partial charge is 0.462 e. The third kappa shape index (κ3) is 5.67. The van der Waals surface area contributed by atoms with E-state index >= 15 is 0 Å². The van der Waals surface area contributed by atoms with Crippen molar-refractivity contribution in [2.45, 2.75) is 33.6 Å². The Bertz CT molecular complexity index is 808. The van der Waals surface area contributed by atoms with Gasteiger partial charge >= 0.3 is 11.9 Å². The highest BCUT2D eigenvalue weighted by molar-refractivity contribution is 6.01. The molecule has 0 aliphatic carbocycles. The van der Waals surface area contributed by atoms with Crippen LogP contribution >= 0.6 is 0 Å². The highest BCUT2D eigenvalue weighted by Crippen LogP contribution is 2.17. The Morgan fingerprint density at radius 3 is 2.56 bits per heavy atom. The molecule has 1 N–H and O–H groups in total. The van der Waals surface area contributed by atoms with Crippen LogP contribution < -0.4 is 5.32 Å². The second-order valence-corrected chi connectivity index (χ2v) is 5.78. The lowest BCUT2D eigenvalue weighted by Gasteiger charge is -2.10. The van der Waals surface area contributed by atoms with E-state index in [4.69, 9.17) is 14.0 Å². The molecule has 0 spiro atoms. The highest BCUT2D eigenvalue weighted by atomic mass is 16.5. The summed E-state index contributed by atoms with van der Waals surface area (Å²) in [5.41, 5.74) is 2.12. The number of nitrogens with zero attached hydrogens (tertiary/aromatic N) is 1. The number of hydrogen-bond donors (Lipinski definition) is 1. The monoisotopic (exact) mass is 374 g/mol. The Kier molecular flexibility index (Phi) is 7.10. The summed E-state index contributed by atoms with van der Waals surface area (Å²) in [6, 6.07) is 6.46. The maximum Gasteiger partial charge on any atom is 0.340 e. The Hall–Kier alpha value is -3.16. The molecule has 8 nitrogen and oxygen atoms in total. The molecular weight excluding hydrogens is 352 g/mol. The summed E-state index contributed by atoms with van der Waals surface area (Å²) in [5, 5.41) is 6.37. The number of anilines is 1. The number of ether oxygens (including phenoxy) is 2. The van der Waals surface area contributed by atoms with Crippen LogP contribution in [0.2, 0.25) is 0 Å². The van der Waals surface area contributed by atoms with Crippen molar-refractivity contribution in [1.82, 2.24) is 5.16 Å². The fraction of sp³-hybridized carbons (Fsp3) is 0.368. The molecule has 2 rings (SSSR count). The first kappa shape index (κ1) is 20.2. The lowest BCUT2D eigenvalue weighted by atomic mass is 10.1. The Morgan fingerprint density at radius 2 is 1.89 bits per heavy atom. The van der Waals surface area contributed by atoms with Gasteiger partial charge in [-0.05, 0) is 39.3 Å². The van der Waals surface area contributed by atoms with Gasteiger partial charge in [-0.15, -0.1) is 0 Å². The third-order valence-corrected chi connectivity index (χ3v) is 3.82. The topological polar surface area (TPSA) is 108 Å². The van der Waals surface area contributed by atoms with Crippen molar-refractivity contribution in [3.8, 4) is 0 Å². The molecule has 0 radical (unpaired) electrons. The normalized spacial score (nSPS) is 10.3. The number of nitrogens with one attached hydrogen (secondary N) is 1. The average molecular weight is 374 g/mol. The first-order valence-corrected chi connectivity index (χ1v) is 8.55. The van der Waals surface area contributed by atoms with Gasteiger partial charge in [-0.3, -0.25) is 9.59 Å². The number of para-hydroxylation sites is 1. The summed E-state index contributed by atoms with van der Waals surface area (Å²) in [7, 11) is 0. The van der Waals surface area contributed by atoms with Crippen LogP contribution in [0.1, 0.15) is 40.7 Å². The van der Waals surface area contributed by atoms with E-state index in [1.807, 2.05) is 0 Å². The lowest BCUT2D eigenvalue weighted by Crippen LogP contribution is -2.22. The summed E-state index contributed by atoms with van der Waals surface area (Å²) in [6.45, 7) is 5.04. The van der Waals surface area contributed by atoms with Crippen LogP contribution in [0.15, 0.2) is 28.8 Å². The van der Waals surface area contributed by atoms with E-state index in [9.17, 15) is 14.4 Å². The van der Waals surface area contributed by atoms with Gasteiger partial charge in [0, 0.05) is 12.0 Å². The number of carbonyl (C=O) groups excluding carboxylic acids is 3. The van der Waals surface area contributed by atoms with Gasteiger partial charge in [0.05, 0.1) is 23.6 Å². The van der Waals surface area contributed by atoms with Crippen molar-refractivity contribution in [1.29, 1.82) is 0 Å². The standard InChI is InChI=1S/C19H22N2O6/c1-4-25-19(24)15-7-5-6-8-16(15)20-17(22)11-26-18(23)10-9-14-12(2)21-27-13(14)3/h5-8H,4,9-11H2,1-3H3,(H,20,22). The Morgan fingerprint density at radius 1 is 1.15 bits per heavy atom. The number of aromatic nitrogens is 1. The summed E-state index contributed by atoms with van der Waals surface area (Å²) in [4.78, 5) is 35.8. The molecule has 144 valence electrons. The number of carbonyl (C=O) groups is 3. The zero-order chi connectivity index (χ0) is 19.8. The maximum atomic E-state index is 12.0. The second kappa shape index (κ2) is 9.51. The molecule has 2 aromatic rings. The van der Waals surface area contributed by atoms with Crippen LogP contribution in [0.25, 0.3) is 0 Å². The van der Waals surface area contributed by atoms with E-state index in [0.29, 0.717) is 17.9 Å². The van der Waals surface area contributed by atoms with E-state index in [2.05, 4.69) is 10.5 Å². The molecular formula is C19H22N2O6. The molecule has 1 amide bonds. The summed E-state index contributed by atoms with van der Waals surface area (Å²) >= 11 is 0. The van der Waals surface area contributed by atoms with Gasteiger partial charge in [0.15, 0.2) is 6.61 Å². The number of hydrogen-bond acceptors (Lipinski definition) is 7. The first-order chi connectivity index (χ1) is 12.9. The van der Waals surface area contributed by atoms with Gasteiger partial charge in [-0.1, -0.05) is 17.3 Å². The van der Waals surface area contributed by atoms with Crippen molar-refractivity contribution < 1.29 is 28.4 Å². The Balaban J connectivity index is 1.84. The van der Waals surface area contributed by atoms with Crippen molar-refractivity contribution in [3.63, 3.8) is 0 Å². The Labute approximate surface area is 156 Å². The molecule has 0 aliphatic heterocycles. The van der Waals surface area contributed by atoms with Gasteiger partial charge in [-0.2, -0.15) is 0 Å². The molecule has 1 aromatic heterocycles. The molecule has 0 saturated carbocycles. The van der Waals surface area contributed by atoms with E-state index in [-0.39, 0.29) is 18.6 Å². The van der Waals surface area contributed by atoms with Crippen LogP contribution in [0.4, 0.5) is 5.69 Å². The van der Waals surface area contributed by atoms with Crippen molar-refractivity contribution in [2.24, 2.45) is 0 Å². The van der Waals surface area contributed by atoms with Gasteiger partial charge in [0.25, 0.3) is 5.91 Å². The molecule has 0 aliphatic rings. The molecule has 27 heavy (non-hydrogen) atoms. The predicted molar refractivity (Wildman–Crippen MR) is 96.3 cm³/mol. The molecule has 0 bridgehead atoms. The quantitative estimate of drug-likeness (QED) is 0.708. The number of esters is 2. The number of rotatable bonds is 8. The van der Waals surface area contributed by atoms with E-state index < -0.39 is 24.5 Å². The van der Waals surface area contributed by atoms with E-state index in [0.717, 1.165) is 11.3 Å². The number of benzene rings is 1. The van der Waals surface area contributed by atoms with Gasteiger partial charge in [0.1, 0.15) is 5.76 Å². The number of amides is 1.